The van der Waals surface area contributed by atoms with Crippen molar-refractivity contribution in [3.63, 3.8) is 0 Å². The van der Waals surface area contributed by atoms with Gasteiger partial charge in [-0.3, -0.25) is 4.98 Å². The summed E-state index contributed by atoms with van der Waals surface area (Å²) in [6.45, 7) is 8.06. The molecule has 0 spiro atoms. The van der Waals surface area contributed by atoms with E-state index >= 15 is 0 Å². The number of nitrogens with zero attached hydrogens (tertiary/aromatic N) is 1. The summed E-state index contributed by atoms with van der Waals surface area (Å²) in [5, 5.41) is 0. The number of methoxy groups -OCH3 is 1. The van der Waals surface area contributed by atoms with Gasteiger partial charge in [0.1, 0.15) is 0 Å². The Kier molecular flexibility index (Phi) is 3.57. The lowest BCUT2D eigenvalue weighted by Crippen LogP contribution is -2.41. The third-order valence-electron chi connectivity index (χ3n) is 4.84. The minimum absolute atomic E-state index is 0.396. The molecule has 0 amide bonds. The first kappa shape index (κ1) is 15.5. The van der Waals surface area contributed by atoms with Crippen LogP contribution in [-0.2, 0) is 14.0 Å². The maximum atomic E-state index is 11.8. The van der Waals surface area contributed by atoms with E-state index in [0.717, 1.165) is 24.0 Å². The Morgan fingerprint density at radius 3 is 2.36 bits per heavy atom. The van der Waals surface area contributed by atoms with E-state index in [4.69, 9.17) is 14.0 Å². The molecule has 1 aromatic heterocycles. The van der Waals surface area contributed by atoms with Gasteiger partial charge < -0.3 is 14.0 Å². The van der Waals surface area contributed by atoms with Gasteiger partial charge in [-0.25, -0.2) is 4.79 Å². The SMILES string of the molecule is COC(=O)c1cnc(C2CC2)c(B2OC(C)(C)C(C)(C)O2)c1. The molecule has 0 unspecified atom stereocenters. The Labute approximate surface area is 131 Å². The van der Waals surface area contributed by atoms with Gasteiger partial charge in [-0.1, -0.05) is 0 Å². The van der Waals surface area contributed by atoms with Crippen LogP contribution in [0.2, 0.25) is 0 Å². The van der Waals surface area contributed by atoms with Crippen molar-refractivity contribution in [3.8, 4) is 0 Å². The van der Waals surface area contributed by atoms with Crippen LogP contribution in [0.5, 0.6) is 0 Å². The molecule has 1 saturated carbocycles. The number of hydrogen-bond donors (Lipinski definition) is 0. The maximum Gasteiger partial charge on any atom is 0.496 e. The molecule has 118 valence electrons. The van der Waals surface area contributed by atoms with E-state index in [1.807, 2.05) is 27.7 Å². The van der Waals surface area contributed by atoms with Crippen molar-refractivity contribution in [1.82, 2.24) is 4.98 Å². The van der Waals surface area contributed by atoms with Gasteiger partial charge in [0, 0.05) is 23.3 Å². The zero-order valence-electron chi connectivity index (χ0n) is 13.8. The molecule has 2 aliphatic rings. The van der Waals surface area contributed by atoms with E-state index in [1.54, 1.807) is 12.3 Å². The average Bonchev–Trinajstić information content (AvgIpc) is 3.25. The van der Waals surface area contributed by atoms with Crippen LogP contribution in [0.3, 0.4) is 0 Å². The van der Waals surface area contributed by atoms with Crippen molar-refractivity contribution in [2.24, 2.45) is 0 Å². The summed E-state index contributed by atoms with van der Waals surface area (Å²) in [5.74, 6) is 0.0494. The molecule has 1 aliphatic carbocycles. The van der Waals surface area contributed by atoms with Crippen molar-refractivity contribution < 1.29 is 18.8 Å². The molecule has 1 saturated heterocycles. The third-order valence-corrected chi connectivity index (χ3v) is 4.84. The molecule has 6 heteroatoms. The number of pyridine rings is 1. The lowest BCUT2D eigenvalue weighted by molar-refractivity contribution is 0.00578. The fourth-order valence-electron chi connectivity index (χ4n) is 2.58. The maximum absolute atomic E-state index is 11.8. The molecule has 0 bridgehead atoms. The number of hydrogen-bond acceptors (Lipinski definition) is 5. The number of rotatable bonds is 3. The molecule has 0 atom stereocenters. The van der Waals surface area contributed by atoms with Crippen LogP contribution in [0.4, 0.5) is 0 Å². The Morgan fingerprint density at radius 1 is 1.27 bits per heavy atom. The standard InChI is InChI=1S/C16H22BNO4/c1-15(2)16(3,4)22-17(21-15)12-8-11(14(19)20-5)9-18-13(12)10-6-7-10/h8-10H,6-7H2,1-5H3. The molecular formula is C16H22BNO4. The van der Waals surface area contributed by atoms with E-state index in [-0.39, 0.29) is 0 Å². The summed E-state index contributed by atoms with van der Waals surface area (Å²) in [6.07, 6.45) is 3.82. The number of carbonyl (C=O) groups is 1. The molecule has 0 aromatic carbocycles. The monoisotopic (exact) mass is 303 g/mol. The fraction of sp³-hybridized carbons (Fsp3) is 0.625. The Hall–Kier alpha value is -1.40. The van der Waals surface area contributed by atoms with Crippen LogP contribution in [-0.4, -0.2) is 36.4 Å². The van der Waals surface area contributed by atoms with Crippen LogP contribution in [0, 0.1) is 0 Å². The van der Waals surface area contributed by atoms with Crippen molar-refractivity contribution in [2.45, 2.75) is 57.7 Å². The normalized spacial score (nSPS) is 22.7. The third kappa shape index (κ3) is 2.54. The predicted octanol–water partition coefficient (Wildman–Crippen LogP) is 2.04. The van der Waals surface area contributed by atoms with Crippen LogP contribution >= 0.6 is 0 Å². The number of esters is 1. The van der Waals surface area contributed by atoms with Crippen molar-refractivity contribution >= 4 is 18.6 Å². The van der Waals surface area contributed by atoms with Gasteiger partial charge in [0.2, 0.25) is 0 Å². The van der Waals surface area contributed by atoms with Gasteiger partial charge in [-0.2, -0.15) is 0 Å². The van der Waals surface area contributed by atoms with Crippen molar-refractivity contribution in [2.75, 3.05) is 7.11 Å². The topological polar surface area (TPSA) is 57.7 Å². The Bertz CT molecular complexity index is 594. The number of aromatic nitrogens is 1. The molecule has 3 rings (SSSR count). The van der Waals surface area contributed by atoms with Crippen LogP contribution in [0.15, 0.2) is 12.3 Å². The van der Waals surface area contributed by atoms with Gasteiger partial charge in [0.15, 0.2) is 0 Å². The predicted molar refractivity (Wildman–Crippen MR) is 83.3 cm³/mol. The summed E-state index contributed by atoms with van der Waals surface area (Å²) in [5.41, 5.74) is 1.42. The number of ether oxygens (including phenoxy) is 1. The second-order valence-electron chi connectivity index (χ2n) is 7.05. The van der Waals surface area contributed by atoms with Crippen LogP contribution in [0.1, 0.15) is 62.5 Å². The zero-order chi connectivity index (χ0) is 16.1. The van der Waals surface area contributed by atoms with Crippen LogP contribution in [0.25, 0.3) is 0 Å². The molecule has 2 fully saturated rings. The van der Waals surface area contributed by atoms with E-state index in [9.17, 15) is 4.79 Å². The highest BCUT2D eigenvalue weighted by molar-refractivity contribution is 6.62. The van der Waals surface area contributed by atoms with Gasteiger partial charge in [-0.15, -0.1) is 0 Å². The van der Waals surface area contributed by atoms with Gasteiger partial charge in [0.05, 0.1) is 23.9 Å². The Balaban J connectivity index is 2.00. The van der Waals surface area contributed by atoms with Crippen molar-refractivity contribution in [1.29, 1.82) is 0 Å². The van der Waals surface area contributed by atoms with Gasteiger partial charge in [-0.05, 0) is 46.6 Å². The smallest absolute Gasteiger partial charge is 0.465 e. The first-order valence-corrected chi connectivity index (χ1v) is 7.69. The molecular weight excluding hydrogens is 281 g/mol. The summed E-state index contributed by atoms with van der Waals surface area (Å²) < 4.78 is 17.0. The molecule has 22 heavy (non-hydrogen) atoms. The molecule has 1 aromatic rings. The number of carbonyl (C=O) groups excluding carboxylic acids is 1. The highest BCUT2D eigenvalue weighted by Crippen LogP contribution is 2.41. The first-order chi connectivity index (χ1) is 10.2. The van der Waals surface area contributed by atoms with E-state index in [1.165, 1.54) is 7.11 Å². The zero-order valence-corrected chi connectivity index (χ0v) is 13.8. The second-order valence-corrected chi connectivity index (χ2v) is 7.05. The lowest BCUT2D eigenvalue weighted by atomic mass is 9.76. The summed E-state index contributed by atoms with van der Waals surface area (Å²) in [6, 6.07) is 1.80. The molecule has 0 N–H and O–H groups in total. The quantitative estimate of drug-likeness (QED) is 0.632. The second kappa shape index (κ2) is 5.06. The molecule has 0 radical (unpaired) electrons. The van der Waals surface area contributed by atoms with E-state index < -0.39 is 24.3 Å². The van der Waals surface area contributed by atoms with Gasteiger partial charge >= 0.3 is 13.1 Å². The van der Waals surface area contributed by atoms with E-state index in [0.29, 0.717) is 11.5 Å². The lowest BCUT2D eigenvalue weighted by Gasteiger charge is -2.32. The molecule has 1 aliphatic heterocycles. The molecule has 2 heterocycles. The first-order valence-electron chi connectivity index (χ1n) is 7.69. The summed E-state index contributed by atoms with van der Waals surface area (Å²) in [4.78, 5) is 16.3. The van der Waals surface area contributed by atoms with Crippen molar-refractivity contribution in [3.05, 3.63) is 23.5 Å². The molecule has 5 nitrogen and oxygen atoms in total. The average molecular weight is 303 g/mol. The minimum Gasteiger partial charge on any atom is -0.465 e. The van der Waals surface area contributed by atoms with Crippen LogP contribution < -0.4 is 5.46 Å². The largest absolute Gasteiger partial charge is 0.496 e. The van der Waals surface area contributed by atoms with Gasteiger partial charge in [0.25, 0.3) is 0 Å². The summed E-state index contributed by atoms with van der Waals surface area (Å²) >= 11 is 0. The van der Waals surface area contributed by atoms with E-state index in [2.05, 4.69) is 4.98 Å². The Morgan fingerprint density at radius 2 is 1.86 bits per heavy atom. The highest BCUT2D eigenvalue weighted by atomic mass is 16.7. The fourth-order valence-corrected chi connectivity index (χ4v) is 2.58. The summed E-state index contributed by atoms with van der Waals surface area (Å²) in [7, 11) is 0.865. The highest BCUT2D eigenvalue weighted by Gasteiger charge is 2.53. The minimum atomic E-state index is -0.502.